The van der Waals surface area contributed by atoms with Gasteiger partial charge in [0, 0.05) is 29.9 Å². The number of thiazole rings is 1. The zero-order valence-electron chi connectivity index (χ0n) is 11.5. The van der Waals surface area contributed by atoms with E-state index in [0.717, 1.165) is 42.3 Å². The molecule has 0 unspecified atom stereocenters. The first-order valence-electron chi connectivity index (χ1n) is 6.20. The van der Waals surface area contributed by atoms with E-state index in [9.17, 15) is 0 Å². The van der Waals surface area contributed by atoms with Gasteiger partial charge in [0.2, 0.25) is 0 Å². The van der Waals surface area contributed by atoms with E-state index in [1.165, 1.54) is 6.42 Å². The summed E-state index contributed by atoms with van der Waals surface area (Å²) in [6.07, 6.45) is 7.01. The molecule has 120 valence electrons. The Labute approximate surface area is 148 Å². The molecular formula is C13H21Cl3N4S. The molecule has 2 rings (SSSR count). The molecule has 21 heavy (non-hydrogen) atoms. The number of rotatable bonds is 7. The highest BCUT2D eigenvalue weighted by Gasteiger charge is 2.03. The van der Waals surface area contributed by atoms with Gasteiger partial charge in [-0.3, -0.25) is 4.98 Å². The van der Waals surface area contributed by atoms with Gasteiger partial charge in [-0.2, -0.15) is 0 Å². The fraction of sp³-hybridized carbons (Fsp3) is 0.385. The minimum atomic E-state index is 0. The molecule has 3 N–H and O–H groups in total. The van der Waals surface area contributed by atoms with Crippen molar-refractivity contribution in [1.82, 2.24) is 9.97 Å². The molecule has 4 nitrogen and oxygen atoms in total. The number of hydrogen-bond donors (Lipinski definition) is 2. The maximum absolute atomic E-state index is 5.45. The predicted octanol–water partition coefficient (Wildman–Crippen LogP) is 4.01. The van der Waals surface area contributed by atoms with Crippen LogP contribution in [0.1, 0.15) is 19.3 Å². The maximum Gasteiger partial charge on any atom is 0.183 e. The summed E-state index contributed by atoms with van der Waals surface area (Å²) in [5.41, 5.74) is 7.50. The third kappa shape index (κ3) is 7.83. The first-order chi connectivity index (χ1) is 8.90. The van der Waals surface area contributed by atoms with E-state index in [-0.39, 0.29) is 37.2 Å². The van der Waals surface area contributed by atoms with Crippen LogP contribution in [0.5, 0.6) is 0 Å². The fourth-order valence-corrected chi connectivity index (χ4v) is 2.39. The van der Waals surface area contributed by atoms with Crippen molar-refractivity contribution < 1.29 is 0 Å². The molecule has 0 aliphatic carbocycles. The smallest absolute Gasteiger partial charge is 0.183 e. The molecule has 0 saturated heterocycles. The Bertz CT molecular complexity index is 467. The van der Waals surface area contributed by atoms with Crippen LogP contribution >= 0.6 is 48.6 Å². The summed E-state index contributed by atoms with van der Waals surface area (Å²) < 4.78 is 0. The average molecular weight is 372 g/mol. The number of anilines is 1. The Hall–Kier alpha value is -0.590. The Morgan fingerprint density at radius 2 is 1.95 bits per heavy atom. The zero-order chi connectivity index (χ0) is 12.6. The quantitative estimate of drug-likeness (QED) is 0.722. The van der Waals surface area contributed by atoms with Crippen molar-refractivity contribution >= 4 is 53.7 Å². The van der Waals surface area contributed by atoms with Crippen molar-refractivity contribution in [2.45, 2.75) is 19.3 Å². The summed E-state index contributed by atoms with van der Waals surface area (Å²) in [6, 6.07) is 3.95. The number of nitrogens with zero attached hydrogens (tertiary/aromatic N) is 2. The highest BCUT2D eigenvalue weighted by atomic mass is 35.5. The van der Waals surface area contributed by atoms with Crippen molar-refractivity contribution in [1.29, 1.82) is 0 Å². The van der Waals surface area contributed by atoms with Crippen molar-refractivity contribution in [3.05, 3.63) is 29.9 Å². The van der Waals surface area contributed by atoms with E-state index in [2.05, 4.69) is 20.7 Å². The van der Waals surface area contributed by atoms with Crippen LogP contribution in [0.25, 0.3) is 11.3 Å². The number of aromatic nitrogens is 2. The van der Waals surface area contributed by atoms with Gasteiger partial charge in [-0.15, -0.1) is 48.6 Å². The van der Waals surface area contributed by atoms with Crippen molar-refractivity contribution in [3.63, 3.8) is 0 Å². The van der Waals surface area contributed by atoms with Crippen molar-refractivity contribution in [2.75, 3.05) is 18.4 Å². The third-order valence-corrected chi connectivity index (χ3v) is 3.42. The SMILES string of the molecule is Cl.Cl.Cl.NCCCCCNc1nc(-c2cccnc2)cs1. The van der Waals surface area contributed by atoms with Crippen LogP contribution in [0.4, 0.5) is 5.13 Å². The molecule has 2 aromatic heterocycles. The van der Waals surface area contributed by atoms with Gasteiger partial charge in [-0.05, 0) is 31.5 Å². The van der Waals surface area contributed by atoms with Crippen LogP contribution in [0.2, 0.25) is 0 Å². The standard InChI is InChI=1S/C13H18N4S.3ClH/c14-6-2-1-3-8-16-13-17-12(10-18-13)11-5-4-7-15-9-11;;;/h4-5,7,9-10H,1-3,6,8,14H2,(H,16,17);3*1H. The molecule has 0 fully saturated rings. The highest BCUT2D eigenvalue weighted by molar-refractivity contribution is 7.14. The molecule has 0 aromatic carbocycles. The maximum atomic E-state index is 5.45. The van der Waals surface area contributed by atoms with Crippen LogP contribution in [0.3, 0.4) is 0 Å². The largest absolute Gasteiger partial charge is 0.362 e. The summed E-state index contributed by atoms with van der Waals surface area (Å²) in [7, 11) is 0. The molecule has 0 saturated carbocycles. The summed E-state index contributed by atoms with van der Waals surface area (Å²) in [5.74, 6) is 0. The Balaban J connectivity index is 0. The number of halogens is 3. The number of nitrogens with two attached hydrogens (primary N) is 1. The van der Waals surface area contributed by atoms with E-state index in [1.54, 1.807) is 17.5 Å². The molecule has 2 aromatic rings. The number of hydrogen-bond acceptors (Lipinski definition) is 5. The van der Waals surface area contributed by atoms with Crippen molar-refractivity contribution in [2.24, 2.45) is 5.73 Å². The molecule has 0 radical (unpaired) electrons. The molecule has 0 bridgehead atoms. The number of unbranched alkanes of at least 4 members (excludes halogenated alkanes) is 2. The van der Waals surface area contributed by atoms with Gasteiger partial charge < -0.3 is 11.1 Å². The van der Waals surface area contributed by atoms with Crippen molar-refractivity contribution in [3.8, 4) is 11.3 Å². The molecule has 0 aliphatic heterocycles. The molecule has 0 atom stereocenters. The molecule has 0 spiro atoms. The second kappa shape index (κ2) is 13.1. The van der Waals surface area contributed by atoms with Gasteiger partial charge in [0.25, 0.3) is 0 Å². The van der Waals surface area contributed by atoms with Crippen LogP contribution in [0, 0.1) is 0 Å². The fourth-order valence-electron chi connectivity index (χ4n) is 1.64. The van der Waals surface area contributed by atoms with Crippen LogP contribution in [0.15, 0.2) is 29.9 Å². The Morgan fingerprint density at radius 3 is 2.62 bits per heavy atom. The van der Waals surface area contributed by atoms with Gasteiger partial charge in [0.05, 0.1) is 5.69 Å². The summed E-state index contributed by atoms with van der Waals surface area (Å²) in [4.78, 5) is 8.64. The molecule has 2 heterocycles. The van der Waals surface area contributed by atoms with E-state index in [1.807, 2.05) is 18.3 Å². The second-order valence-corrected chi connectivity index (χ2v) is 4.91. The Kier molecular flexibility index (Phi) is 14.2. The minimum absolute atomic E-state index is 0. The van der Waals surface area contributed by atoms with E-state index in [0.29, 0.717) is 0 Å². The first kappa shape index (κ1) is 22.7. The van der Waals surface area contributed by atoms with Gasteiger partial charge in [0.1, 0.15) is 0 Å². The lowest BCUT2D eigenvalue weighted by Gasteiger charge is -2.01. The topological polar surface area (TPSA) is 63.8 Å². The van der Waals surface area contributed by atoms with Gasteiger partial charge >= 0.3 is 0 Å². The van der Waals surface area contributed by atoms with Gasteiger partial charge in [0.15, 0.2) is 5.13 Å². The van der Waals surface area contributed by atoms with E-state index >= 15 is 0 Å². The van der Waals surface area contributed by atoms with Gasteiger partial charge in [-0.25, -0.2) is 4.98 Å². The summed E-state index contributed by atoms with van der Waals surface area (Å²) in [5, 5.41) is 6.37. The lowest BCUT2D eigenvalue weighted by Crippen LogP contribution is -2.03. The normalized spacial score (nSPS) is 9.00. The minimum Gasteiger partial charge on any atom is -0.362 e. The second-order valence-electron chi connectivity index (χ2n) is 4.06. The molecular weight excluding hydrogens is 351 g/mol. The van der Waals surface area contributed by atoms with Crippen LogP contribution in [-0.4, -0.2) is 23.1 Å². The predicted molar refractivity (Wildman–Crippen MR) is 98.5 cm³/mol. The lowest BCUT2D eigenvalue weighted by molar-refractivity contribution is 0.707. The summed E-state index contributed by atoms with van der Waals surface area (Å²) >= 11 is 1.63. The molecule has 0 amide bonds. The average Bonchev–Trinajstić information content (AvgIpc) is 2.88. The first-order valence-corrected chi connectivity index (χ1v) is 7.08. The van der Waals surface area contributed by atoms with Crippen LogP contribution in [-0.2, 0) is 0 Å². The lowest BCUT2D eigenvalue weighted by atomic mass is 10.2. The van der Waals surface area contributed by atoms with E-state index < -0.39 is 0 Å². The number of nitrogens with one attached hydrogen (secondary N) is 1. The molecule has 8 heteroatoms. The van der Waals surface area contributed by atoms with Crippen LogP contribution < -0.4 is 11.1 Å². The Morgan fingerprint density at radius 1 is 1.14 bits per heavy atom. The third-order valence-electron chi connectivity index (χ3n) is 2.62. The highest BCUT2D eigenvalue weighted by Crippen LogP contribution is 2.23. The van der Waals surface area contributed by atoms with E-state index in [4.69, 9.17) is 5.73 Å². The van der Waals surface area contributed by atoms with Gasteiger partial charge in [-0.1, -0.05) is 6.42 Å². The monoisotopic (exact) mass is 370 g/mol. The summed E-state index contributed by atoms with van der Waals surface area (Å²) in [6.45, 7) is 1.74. The molecule has 0 aliphatic rings. The zero-order valence-corrected chi connectivity index (χ0v) is 14.8. The number of pyridine rings is 1.